The third-order valence-electron chi connectivity index (χ3n) is 5.42. The molecule has 1 amide bonds. The van der Waals surface area contributed by atoms with Crippen LogP contribution in [0.25, 0.3) is 0 Å². The summed E-state index contributed by atoms with van der Waals surface area (Å²) in [5.74, 6) is 1.73. The van der Waals surface area contributed by atoms with Crippen molar-refractivity contribution in [2.24, 2.45) is 16.8 Å². The minimum Gasteiger partial charge on any atom is -0.343 e. The number of thioether (sulfide) groups is 1. The first kappa shape index (κ1) is 14.1. The number of aliphatic imine (C=N–C) groups is 1. The molecular formula is C14H20N2O3S2. The van der Waals surface area contributed by atoms with Gasteiger partial charge in [-0.3, -0.25) is 4.79 Å². The smallest absolute Gasteiger partial charge is 0.244 e. The van der Waals surface area contributed by atoms with Crippen LogP contribution in [0.3, 0.4) is 0 Å². The van der Waals surface area contributed by atoms with Gasteiger partial charge in [0, 0.05) is 18.2 Å². The van der Waals surface area contributed by atoms with Gasteiger partial charge in [0.05, 0.1) is 17.5 Å². The van der Waals surface area contributed by atoms with E-state index < -0.39 is 9.84 Å². The van der Waals surface area contributed by atoms with Crippen LogP contribution in [0, 0.1) is 11.8 Å². The number of hydrogen-bond donors (Lipinski definition) is 0. The van der Waals surface area contributed by atoms with Crippen molar-refractivity contribution in [1.82, 2.24) is 4.90 Å². The third-order valence-corrected chi connectivity index (χ3v) is 8.64. The fraction of sp³-hybridized carbons (Fsp3) is 0.857. The topological polar surface area (TPSA) is 66.8 Å². The zero-order chi connectivity index (χ0) is 14.8. The monoisotopic (exact) mass is 328 g/mol. The second kappa shape index (κ2) is 4.72. The number of hydrogen-bond acceptors (Lipinski definition) is 4. The maximum atomic E-state index is 11.9. The van der Waals surface area contributed by atoms with Crippen LogP contribution in [0.2, 0.25) is 0 Å². The molecule has 2 aliphatic heterocycles. The summed E-state index contributed by atoms with van der Waals surface area (Å²) in [5, 5.41) is 0.845. The molecule has 0 spiro atoms. The lowest BCUT2D eigenvalue weighted by molar-refractivity contribution is -0.115. The lowest BCUT2D eigenvalue weighted by Gasteiger charge is -2.36. The Kier molecular flexibility index (Phi) is 3.16. The Labute approximate surface area is 129 Å². The SMILES string of the molecule is CC(=O)N=C1S[C@@H]2CS(=O)(=O)C[C@@H]2N1[C@@H]1C[C@H]2CC[C@H]1C2. The fourth-order valence-corrected chi connectivity index (χ4v) is 8.68. The van der Waals surface area contributed by atoms with Crippen molar-refractivity contribution in [2.45, 2.75) is 49.9 Å². The molecule has 116 valence electrons. The van der Waals surface area contributed by atoms with Gasteiger partial charge in [-0.05, 0) is 31.1 Å². The predicted octanol–water partition coefficient (Wildman–Crippen LogP) is 1.29. The number of fused-ring (bicyclic) bond motifs is 3. The van der Waals surface area contributed by atoms with Crippen LogP contribution < -0.4 is 0 Å². The highest BCUT2D eigenvalue weighted by atomic mass is 32.2. The van der Waals surface area contributed by atoms with Crippen LogP contribution in [-0.4, -0.2) is 53.2 Å². The molecule has 2 aliphatic carbocycles. The zero-order valence-electron chi connectivity index (χ0n) is 12.1. The first-order valence-electron chi connectivity index (χ1n) is 7.67. The van der Waals surface area contributed by atoms with Crippen molar-refractivity contribution < 1.29 is 13.2 Å². The van der Waals surface area contributed by atoms with Crippen LogP contribution in [0.5, 0.6) is 0 Å². The molecule has 2 saturated heterocycles. The molecule has 0 radical (unpaired) electrons. The van der Waals surface area contributed by atoms with Crippen molar-refractivity contribution >= 4 is 32.7 Å². The summed E-state index contributed by atoms with van der Waals surface area (Å²) < 4.78 is 23.9. The Balaban J connectivity index is 1.67. The minimum atomic E-state index is -2.94. The van der Waals surface area contributed by atoms with Crippen LogP contribution in [-0.2, 0) is 14.6 Å². The lowest BCUT2D eigenvalue weighted by atomic mass is 9.93. The second-order valence-electron chi connectivity index (χ2n) is 6.86. The molecule has 4 aliphatic rings. The van der Waals surface area contributed by atoms with Crippen molar-refractivity contribution in [2.75, 3.05) is 11.5 Å². The van der Waals surface area contributed by atoms with E-state index in [9.17, 15) is 13.2 Å². The summed E-state index contributed by atoms with van der Waals surface area (Å²) in [4.78, 5) is 17.8. The molecule has 4 rings (SSSR count). The van der Waals surface area contributed by atoms with Gasteiger partial charge in [-0.25, -0.2) is 8.42 Å². The fourth-order valence-electron chi connectivity index (χ4n) is 4.67. The molecular weight excluding hydrogens is 308 g/mol. The Morgan fingerprint density at radius 2 is 2.05 bits per heavy atom. The largest absolute Gasteiger partial charge is 0.343 e. The Morgan fingerprint density at radius 1 is 1.24 bits per heavy atom. The Morgan fingerprint density at radius 3 is 2.67 bits per heavy atom. The van der Waals surface area contributed by atoms with E-state index in [1.165, 1.54) is 37.9 Å². The predicted molar refractivity (Wildman–Crippen MR) is 83.0 cm³/mol. The molecule has 2 bridgehead atoms. The number of sulfone groups is 1. The number of nitrogens with zero attached hydrogens (tertiary/aromatic N) is 2. The van der Waals surface area contributed by atoms with E-state index in [-0.39, 0.29) is 28.7 Å². The first-order chi connectivity index (χ1) is 9.93. The molecule has 0 unspecified atom stereocenters. The lowest BCUT2D eigenvalue weighted by Crippen LogP contribution is -2.47. The molecule has 0 aromatic heterocycles. The zero-order valence-corrected chi connectivity index (χ0v) is 13.7. The number of carbonyl (C=O) groups excluding carboxylic acids is 1. The quantitative estimate of drug-likeness (QED) is 0.726. The van der Waals surface area contributed by atoms with Gasteiger partial charge in [0.1, 0.15) is 0 Å². The van der Waals surface area contributed by atoms with Gasteiger partial charge in [0.25, 0.3) is 0 Å². The van der Waals surface area contributed by atoms with E-state index >= 15 is 0 Å². The molecule has 5 atom stereocenters. The van der Waals surface area contributed by atoms with E-state index in [2.05, 4.69) is 9.89 Å². The highest BCUT2D eigenvalue weighted by Crippen LogP contribution is 2.51. The third kappa shape index (κ3) is 2.32. The summed E-state index contributed by atoms with van der Waals surface area (Å²) in [6, 6.07) is 0.431. The van der Waals surface area contributed by atoms with Crippen LogP contribution in [0.1, 0.15) is 32.6 Å². The van der Waals surface area contributed by atoms with E-state index in [4.69, 9.17) is 0 Å². The average molecular weight is 328 g/mol. The molecule has 4 fully saturated rings. The minimum absolute atomic E-state index is 0.0300. The second-order valence-corrected chi connectivity index (χ2v) is 10.2. The van der Waals surface area contributed by atoms with Gasteiger partial charge in [-0.1, -0.05) is 18.2 Å². The molecule has 21 heavy (non-hydrogen) atoms. The highest BCUT2D eigenvalue weighted by Gasteiger charge is 2.54. The maximum absolute atomic E-state index is 11.9. The number of amides is 1. The van der Waals surface area contributed by atoms with Crippen molar-refractivity contribution in [1.29, 1.82) is 0 Å². The standard InChI is InChI=1S/C14H20N2O3S2/c1-8(17)15-14-16(11-5-9-2-3-10(11)4-9)12-6-21(18,19)7-13(12)20-14/h9-13H,2-7H2,1H3/t9-,10-,11+,12-,13+/m0/s1. The molecule has 0 N–H and O–H groups in total. The summed E-state index contributed by atoms with van der Waals surface area (Å²) in [7, 11) is -2.94. The van der Waals surface area contributed by atoms with Crippen molar-refractivity contribution in [3.63, 3.8) is 0 Å². The molecule has 2 saturated carbocycles. The summed E-state index contributed by atoms with van der Waals surface area (Å²) >= 11 is 1.51. The highest BCUT2D eigenvalue weighted by molar-refractivity contribution is 8.15. The maximum Gasteiger partial charge on any atom is 0.244 e. The average Bonchev–Trinajstić information content (AvgIpc) is 3.07. The summed E-state index contributed by atoms with van der Waals surface area (Å²) in [6.45, 7) is 1.47. The van der Waals surface area contributed by atoms with Crippen LogP contribution in [0.4, 0.5) is 0 Å². The van der Waals surface area contributed by atoms with Gasteiger partial charge in [0.15, 0.2) is 15.0 Å². The van der Waals surface area contributed by atoms with Gasteiger partial charge >= 0.3 is 0 Å². The van der Waals surface area contributed by atoms with Crippen LogP contribution >= 0.6 is 11.8 Å². The van der Waals surface area contributed by atoms with Crippen molar-refractivity contribution in [3.05, 3.63) is 0 Å². The van der Waals surface area contributed by atoms with Gasteiger partial charge in [-0.15, -0.1) is 0 Å². The molecule has 0 aromatic rings. The number of carbonyl (C=O) groups is 1. The van der Waals surface area contributed by atoms with E-state index in [1.54, 1.807) is 0 Å². The van der Waals surface area contributed by atoms with Gasteiger partial charge in [-0.2, -0.15) is 4.99 Å². The molecule has 0 aromatic carbocycles. The van der Waals surface area contributed by atoms with Gasteiger partial charge in [0.2, 0.25) is 5.91 Å². The molecule has 5 nitrogen and oxygen atoms in total. The number of rotatable bonds is 1. The summed E-state index contributed by atoms with van der Waals surface area (Å²) in [6.07, 6.45) is 4.97. The van der Waals surface area contributed by atoms with E-state index in [0.29, 0.717) is 12.0 Å². The molecule has 7 heteroatoms. The van der Waals surface area contributed by atoms with E-state index in [0.717, 1.165) is 17.5 Å². The van der Waals surface area contributed by atoms with Crippen LogP contribution in [0.15, 0.2) is 4.99 Å². The van der Waals surface area contributed by atoms with Crippen molar-refractivity contribution in [3.8, 4) is 0 Å². The normalized spacial score (nSPS) is 45.5. The number of amidine groups is 1. The Bertz CT molecular complexity index is 616. The first-order valence-corrected chi connectivity index (χ1v) is 10.4. The van der Waals surface area contributed by atoms with E-state index in [1.807, 2.05) is 0 Å². The Hall–Kier alpha value is -0.560. The van der Waals surface area contributed by atoms with Gasteiger partial charge < -0.3 is 4.90 Å². The summed E-state index contributed by atoms with van der Waals surface area (Å²) in [5.41, 5.74) is 0. The molecule has 2 heterocycles.